The van der Waals surface area contributed by atoms with Gasteiger partial charge in [0.25, 0.3) is 5.91 Å². The zero-order valence-electron chi connectivity index (χ0n) is 19.2. The average molecular weight is 549 g/mol. The van der Waals surface area contributed by atoms with E-state index in [0.717, 1.165) is 51.0 Å². The van der Waals surface area contributed by atoms with Crippen molar-refractivity contribution in [2.24, 2.45) is 0 Å². The number of fused-ring (bicyclic) bond motifs is 1. The first-order valence-electron chi connectivity index (χ1n) is 11.5. The van der Waals surface area contributed by atoms with Crippen LogP contribution in [0.2, 0.25) is 0 Å². The Balaban J connectivity index is 1.51. The van der Waals surface area contributed by atoms with Crippen LogP contribution in [0, 0.1) is 0 Å². The molecule has 1 aliphatic rings. The van der Waals surface area contributed by atoms with Gasteiger partial charge < -0.3 is 16.0 Å². The molecule has 0 saturated carbocycles. The van der Waals surface area contributed by atoms with E-state index < -0.39 is 0 Å². The van der Waals surface area contributed by atoms with E-state index in [0.29, 0.717) is 29.9 Å². The van der Waals surface area contributed by atoms with Crippen molar-refractivity contribution in [1.82, 2.24) is 25.6 Å². The van der Waals surface area contributed by atoms with Crippen LogP contribution in [0.25, 0.3) is 22.2 Å². The third-order valence-electron chi connectivity index (χ3n) is 5.94. The molecule has 1 amide bonds. The Kier molecular flexibility index (Phi) is 7.26. The molecule has 3 heterocycles. The van der Waals surface area contributed by atoms with E-state index in [1.54, 1.807) is 18.0 Å². The van der Waals surface area contributed by atoms with E-state index in [2.05, 4.69) is 41.8 Å². The first-order chi connectivity index (χ1) is 17.1. The molecule has 178 valence electrons. The van der Waals surface area contributed by atoms with Crippen molar-refractivity contribution in [3.8, 4) is 11.1 Å². The van der Waals surface area contributed by atoms with Crippen molar-refractivity contribution >= 4 is 56.3 Å². The lowest BCUT2D eigenvalue weighted by atomic mass is 10.0. The van der Waals surface area contributed by atoms with Gasteiger partial charge in [-0.1, -0.05) is 40.2 Å². The first-order valence-corrected chi connectivity index (χ1v) is 13.5. The number of benzene rings is 2. The molecule has 1 unspecified atom stereocenters. The zero-order chi connectivity index (χ0) is 24.2. The van der Waals surface area contributed by atoms with Gasteiger partial charge >= 0.3 is 0 Å². The molecule has 3 N–H and O–H groups in total. The Morgan fingerprint density at radius 3 is 2.83 bits per heavy atom. The molecule has 9 heteroatoms. The van der Waals surface area contributed by atoms with Crippen LogP contribution in [0.4, 0.5) is 11.6 Å². The van der Waals surface area contributed by atoms with Gasteiger partial charge in [0.15, 0.2) is 5.65 Å². The lowest BCUT2D eigenvalue weighted by Gasteiger charge is -2.15. The van der Waals surface area contributed by atoms with Crippen LogP contribution < -0.4 is 16.0 Å². The van der Waals surface area contributed by atoms with Crippen LogP contribution in [-0.2, 0) is 0 Å². The van der Waals surface area contributed by atoms with Gasteiger partial charge in [0.05, 0.1) is 0 Å². The fourth-order valence-corrected chi connectivity index (χ4v) is 5.10. The number of hydrogen-bond acceptors (Lipinski definition) is 7. The first kappa shape index (κ1) is 23.7. The molecule has 2 aromatic heterocycles. The van der Waals surface area contributed by atoms with Gasteiger partial charge in [0.2, 0.25) is 5.95 Å². The Bertz CT molecular complexity index is 1380. The average Bonchev–Trinajstić information content (AvgIpc) is 3.41. The largest absolute Gasteiger partial charge is 0.349 e. The molecule has 1 atom stereocenters. The molecule has 0 radical (unpaired) electrons. The maximum atomic E-state index is 13.3. The van der Waals surface area contributed by atoms with Gasteiger partial charge in [-0.15, -0.1) is 11.8 Å². The van der Waals surface area contributed by atoms with Crippen LogP contribution in [0.15, 0.2) is 70.2 Å². The highest BCUT2D eigenvalue weighted by Crippen LogP contribution is 2.32. The van der Waals surface area contributed by atoms with E-state index >= 15 is 0 Å². The SMILES string of the molecule is CSc1cccc(Nc2ncc3cc(-c4ccccc4Br)c(C(=O)NCC4CCCN4)nc3n2)c1. The number of nitrogens with one attached hydrogen (secondary N) is 3. The van der Waals surface area contributed by atoms with Gasteiger partial charge in [-0.3, -0.25) is 4.79 Å². The number of nitrogens with zero attached hydrogens (tertiary/aromatic N) is 3. The number of amides is 1. The maximum absolute atomic E-state index is 13.3. The molecule has 1 fully saturated rings. The van der Waals surface area contributed by atoms with Crippen molar-refractivity contribution in [3.05, 3.63) is 71.0 Å². The third kappa shape index (κ3) is 5.47. The summed E-state index contributed by atoms with van der Waals surface area (Å²) in [6, 6.07) is 18.1. The molecule has 0 spiro atoms. The van der Waals surface area contributed by atoms with Crippen LogP contribution in [0.3, 0.4) is 0 Å². The third-order valence-corrected chi connectivity index (χ3v) is 7.36. The summed E-state index contributed by atoms with van der Waals surface area (Å²) < 4.78 is 0.889. The molecule has 4 aromatic rings. The highest BCUT2D eigenvalue weighted by atomic mass is 79.9. The van der Waals surface area contributed by atoms with Crippen molar-refractivity contribution in [3.63, 3.8) is 0 Å². The fourth-order valence-electron chi connectivity index (χ4n) is 4.14. The van der Waals surface area contributed by atoms with E-state index in [-0.39, 0.29) is 5.91 Å². The van der Waals surface area contributed by atoms with Gasteiger partial charge in [-0.05, 0) is 61.5 Å². The number of halogens is 1. The normalized spacial score (nSPS) is 15.3. The summed E-state index contributed by atoms with van der Waals surface area (Å²) in [5, 5.41) is 10.5. The number of carbonyl (C=O) groups is 1. The Hall–Kier alpha value is -3.01. The zero-order valence-corrected chi connectivity index (χ0v) is 21.6. The van der Waals surface area contributed by atoms with E-state index in [9.17, 15) is 4.79 Å². The van der Waals surface area contributed by atoms with E-state index in [4.69, 9.17) is 4.98 Å². The number of pyridine rings is 1. The molecule has 2 aromatic carbocycles. The summed E-state index contributed by atoms with van der Waals surface area (Å²) in [6.07, 6.45) is 5.96. The van der Waals surface area contributed by atoms with Gasteiger partial charge in [0, 0.05) is 44.8 Å². The monoisotopic (exact) mass is 548 g/mol. The molecule has 5 rings (SSSR count). The minimum atomic E-state index is -0.216. The molecule has 0 aliphatic carbocycles. The van der Waals surface area contributed by atoms with E-state index in [1.807, 2.05) is 60.9 Å². The molecule has 1 aliphatic heterocycles. The van der Waals surface area contributed by atoms with Crippen LogP contribution >= 0.6 is 27.7 Å². The summed E-state index contributed by atoms with van der Waals surface area (Å²) in [4.78, 5) is 28.3. The molecular formula is C26H25BrN6OS. The van der Waals surface area contributed by atoms with Crippen molar-refractivity contribution in [1.29, 1.82) is 0 Å². The molecule has 7 nitrogen and oxygen atoms in total. The summed E-state index contributed by atoms with van der Waals surface area (Å²) in [6.45, 7) is 1.56. The van der Waals surface area contributed by atoms with Crippen LogP contribution in [0.5, 0.6) is 0 Å². The molecule has 1 saturated heterocycles. The Morgan fingerprint density at radius 2 is 2.03 bits per heavy atom. The van der Waals surface area contributed by atoms with E-state index in [1.165, 1.54) is 0 Å². The second-order valence-corrected chi connectivity index (χ2v) is 10.1. The summed E-state index contributed by atoms with van der Waals surface area (Å²) >= 11 is 5.29. The second-order valence-electron chi connectivity index (χ2n) is 8.33. The van der Waals surface area contributed by atoms with Gasteiger partial charge in [-0.25, -0.2) is 9.97 Å². The molecule has 35 heavy (non-hydrogen) atoms. The summed E-state index contributed by atoms with van der Waals surface area (Å²) in [5.74, 6) is 0.213. The topological polar surface area (TPSA) is 91.8 Å². The summed E-state index contributed by atoms with van der Waals surface area (Å²) in [7, 11) is 0. The lowest BCUT2D eigenvalue weighted by Crippen LogP contribution is -2.37. The summed E-state index contributed by atoms with van der Waals surface area (Å²) in [5.41, 5.74) is 3.32. The number of thioether (sulfide) groups is 1. The predicted octanol–water partition coefficient (Wildman–Crippen LogP) is 5.40. The number of carbonyl (C=O) groups excluding carboxylic acids is 1. The fraction of sp³-hybridized carbons (Fsp3) is 0.231. The predicted molar refractivity (Wildman–Crippen MR) is 145 cm³/mol. The smallest absolute Gasteiger partial charge is 0.270 e. The highest BCUT2D eigenvalue weighted by molar-refractivity contribution is 9.10. The number of hydrogen-bond donors (Lipinski definition) is 3. The Morgan fingerprint density at radius 1 is 1.14 bits per heavy atom. The number of rotatable bonds is 7. The minimum Gasteiger partial charge on any atom is -0.349 e. The maximum Gasteiger partial charge on any atom is 0.270 e. The van der Waals surface area contributed by atoms with Crippen molar-refractivity contribution in [2.75, 3.05) is 24.7 Å². The minimum absolute atomic E-state index is 0.216. The van der Waals surface area contributed by atoms with Crippen molar-refractivity contribution in [2.45, 2.75) is 23.8 Å². The lowest BCUT2D eigenvalue weighted by molar-refractivity contribution is 0.0946. The standard InChI is InChI=1S/C26H25BrN6OS/c1-35-19-8-4-6-17(13-19)31-26-30-14-16-12-21(20-9-2-3-10-22(20)27)23(32-24(16)33-26)25(34)29-15-18-7-5-11-28-18/h2-4,6,8-10,12-14,18,28H,5,7,11,15H2,1H3,(H,29,34)(H,30,31,32,33). The molecule has 0 bridgehead atoms. The second kappa shape index (κ2) is 10.7. The number of anilines is 2. The molecular weight excluding hydrogens is 524 g/mol. The Labute approximate surface area is 216 Å². The quantitative estimate of drug-likeness (QED) is 0.266. The van der Waals surface area contributed by atoms with Gasteiger partial charge in [-0.2, -0.15) is 4.98 Å². The van der Waals surface area contributed by atoms with Crippen molar-refractivity contribution < 1.29 is 4.79 Å². The van der Waals surface area contributed by atoms with Crippen LogP contribution in [0.1, 0.15) is 23.3 Å². The van der Waals surface area contributed by atoms with Crippen LogP contribution in [-0.4, -0.2) is 46.2 Å². The van der Waals surface area contributed by atoms with Gasteiger partial charge in [0.1, 0.15) is 5.69 Å². The number of aromatic nitrogens is 3. The highest BCUT2D eigenvalue weighted by Gasteiger charge is 2.21.